The first-order valence-electron chi connectivity index (χ1n) is 5.30. The second-order valence-corrected chi connectivity index (χ2v) is 4.14. The third-order valence-electron chi connectivity index (χ3n) is 2.62. The summed E-state index contributed by atoms with van der Waals surface area (Å²) < 4.78 is 13.2. The minimum atomic E-state index is -0.386. The second kappa shape index (κ2) is 5.15. The first kappa shape index (κ1) is 11.9. The highest BCUT2D eigenvalue weighted by Crippen LogP contribution is 2.21. The number of hydrogen-bond donors (Lipinski definition) is 1. The van der Waals surface area contributed by atoms with Crippen molar-refractivity contribution in [3.8, 4) is 0 Å². The Bertz CT molecular complexity index is 529. The predicted molar refractivity (Wildman–Crippen MR) is 67.5 cm³/mol. The molecule has 0 unspecified atom stereocenters. The number of nitrogen functional groups attached to an aromatic ring is 1. The third kappa shape index (κ3) is 2.74. The maximum atomic E-state index is 13.2. The van der Waals surface area contributed by atoms with E-state index in [4.69, 9.17) is 17.3 Å². The molecule has 1 heterocycles. The largest absolute Gasteiger partial charge is 0.383 e. The number of nitrogens with two attached hydrogens (primary N) is 1. The molecule has 1 aromatic heterocycles. The standard InChI is InChI=1S/C13H12ClFN2/c14-12-9(3-1-5-11(12)15)6-7-10-4-2-8-17-13(10)16/h1-5,8H,6-7H2,(H2,16,17). The average Bonchev–Trinajstić information content (AvgIpc) is 2.33. The topological polar surface area (TPSA) is 38.9 Å². The Labute approximate surface area is 104 Å². The van der Waals surface area contributed by atoms with E-state index < -0.39 is 0 Å². The summed E-state index contributed by atoms with van der Waals surface area (Å²) in [7, 11) is 0. The minimum Gasteiger partial charge on any atom is -0.383 e. The van der Waals surface area contributed by atoms with Crippen molar-refractivity contribution in [1.82, 2.24) is 4.98 Å². The quantitative estimate of drug-likeness (QED) is 0.908. The van der Waals surface area contributed by atoms with Crippen LogP contribution in [0.1, 0.15) is 11.1 Å². The van der Waals surface area contributed by atoms with Gasteiger partial charge in [-0.3, -0.25) is 0 Å². The van der Waals surface area contributed by atoms with Gasteiger partial charge < -0.3 is 5.73 Å². The van der Waals surface area contributed by atoms with E-state index in [0.717, 1.165) is 11.1 Å². The van der Waals surface area contributed by atoms with Gasteiger partial charge in [-0.1, -0.05) is 29.8 Å². The van der Waals surface area contributed by atoms with Gasteiger partial charge in [0.1, 0.15) is 11.6 Å². The molecule has 0 aliphatic heterocycles. The molecule has 0 radical (unpaired) electrons. The van der Waals surface area contributed by atoms with Crippen molar-refractivity contribution in [1.29, 1.82) is 0 Å². The molecule has 0 atom stereocenters. The lowest BCUT2D eigenvalue weighted by Crippen LogP contribution is -2.00. The van der Waals surface area contributed by atoms with E-state index in [-0.39, 0.29) is 10.8 Å². The van der Waals surface area contributed by atoms with Crippen molar-refractivity contribution >= 4 is 17.4 Å². The van der Waals surface area contributed by atoms with Crippen molar-refractivity contribution in [2.24, 2.45) is 0 Å². The molecule has 2 rings (SSSR count). The number of rotatable bonds is 3. The van der Waals surface area contributed by atoms with Crippen LogP contribution in [0.3, 0.4) is 0 Å². The molecule has 88 valence electrons. The summed E-state index contributed by atoms with van der Waals surface area (Å²) in [6.07, 6.45) is 2.99. The highest BCUT2D eigenvalue weighted by molar-refractivity contribution is 6.31. The average molecular weight is 251 g/mol. The molecule has 0 aliphatic rings. The molecule has 17 heavy (non-hydrogen) atoms. The van der Waals surface area contributed by atoms with Gasteiger partial charge in [-0.05, 0) is 36.1 Å². The minimum absolute atomic E-state index is 0.190. The van der Waals surface area contributed by atoms with Gasteiger partial charge in [0, 0.05) is 6.20 Å². The van der Waals surface area contributed by atoms with Gasteiger partial charge in [-0.2, -0.15) is 0 Å². The fourth-order valence-corrected chi connectivity index (χ4v) is 1.89. The van der Waals surface area contributed by atoms with Gasteiger partial charge in [-0.25, -0.2) is 9.37 Å². The van der Waals surface area contributed by atoms with Crippen LogP contribution < -0.4 is 5.73 Å². The second-order valence-electron chi connectivity index (χ2n) is 3.76. The number of hydrogen-bond acceptors (Lipinski definition) is 2. The summed E-state index contributed by atoms with van der Waals surface area (Å²) in [6, 6.07) is 8.57. The lowest BCUT2D eigenvalue weighted by Gasteiger charge is -2.06. The summed E-state index contributed by atoms with van der Waals surface area (Å²) in [5.74, 6) is 0.128. The van der Waals surface area contributed by atoms with Crippen LogP contribution in [0.5, 0.6) is 0 Å². The van der Waals surface area contributed by atoms with Gasteiger partial charge in [0.2, 0.25) is 0 Å². The molecular weight excluding hydrogens is 239 g/mol. The molecule has 4 heteroatoms. The lowest BCUT2D eigenvalue weighted by molar-refractivity contribution is 0.625. The van der Waals surface area contributed by atoms with Gasteiger partial charge in [0.05, 0.1) is 5.02 Å². The Morgan fingerprint density at radius 2 is 1.82 bits per heavy atom. The molecule has 0 amide bonds. The van der Waals surface area contributed by atoms with Crippen LogP contribution in [0.15, 0.2) is 36.5 Å². The van der Waals surface area contributed by atoms with E-state index >= 15 is 0 Å². The Hall–Kier alpha value is -1.61. The summed E-state index contributed by atoms with van der Waals surface area (Å²) in [4.78, 5) is 4.00. The third-order valence-corrected chi connectivity index (χ3v) is 3.04. The molecule has 0 saturated heterocycles. The van der Waals surface area contributed by atoms with Crippen LogP contribution in [-0.4, -0.2) is 4.98 Å². The predicted octanol–water partition coefficient (Wildman–Crippen LogP) is 3.24. The van der Waals surface area contributed by atoms with Crippen molar-refractivity contribution in [2.45, 2.75) is 12.8 Å². The van der Waals surface area contributed by atoms with Crippen molar-refractivity contribution < 1.29 is 4.39 Å². The van der Waals surface area contributed by atoms with E-state index in [0.29, 0.717) is 18.7 Å². The molecule has 0 saturated carbocycles. The molecule has 0 bridgehead atoms. The van der Waals surface area contributed by atoms with Crippen LogP contribution in [0.25, 0.3) is 0 Å². The number of pyridine rings is 1. The maximum Gasteiger partial charge on any atom is 0.142 e. The monoisotopic (exact) mass is 250 g/mol. The van der Waals surface area contributed by atoms with Gasteiger partial charge in [0.25, 0.3) is 0 Å². The molecule has 2 aromatic rings. The van der Waals surface area contributed by atoms with Crippen LogP contribution >= 0.6 is 11.6 Å². The number of halogens is 2. The Morgan fingerprint density at radius 3 is 2.59 bits per heavy atom. The molecule has 2 nitrogen and oxygen atoms in total. The molecule has 1 aromatic carbocycles. The Balaban J connectivity index is 2.13. The molecular formula is C13H12ClFN2. The van der Waals surface area contributed by atoms with E-state index in [1.54, 1.807) is 12.3 Å². The first-order chi connectivity index (χ1) is 8.18. The van der Waals surface area contributed by atoms with Gasteiger partial charge >= 0.3 is 0 Å². The molecule has 0 spiro atoms. The number of aromatic nitrogens is 1. The van der Waals surface area contributed by atoms with Crippen molar-refractivity contribution in [2.75, 3.05) is 5.73 Å². The zero-order valence-electron chi connectivity index (χ0n) is 9.16. The smallest absolute Gasteiger partial charge is 0.142 e. The Morgan fingerprint density at radius 1 is 1.12 bits per heavy atom. The number of aryl methyl sites for hydroxylation is 2. The number of benzene rings is 1. The van der Waals surface area contributed by atoms with Crippen molar-refractivity contribution in [3.05, 3.63) is 58.5 Å². The zero-order valence-corrected chi connectivity index (χ0v) is 9.91. The maximum absolute atomic E-state index is 13.2. The normalized spacial score (nSPS) is 10.5. The van der Waals surface area contributed by atoms with E-state index in [2.05, 4.69) is 4.98 Å². The number of anilines is 1. The van der Waals surface area contributed by atoms with Crippen molar-refractivity contribution in [3.63, 3.8) is 0 Å². The van der Waals surface area contributed by atoms with E-state index in [1.807, 2.05) is 18.2 Å². The summed E-state index contributed by atoms with van der Waals surface area (Å²) in [5.41, 5.74) is 7.47. The summed E-state index contributed by atoms with van der Waals surface area (Å²) in [5, 5.41) is 0.190. The first-order valence-corrected chi connectivity index (χ1v) is 5.68. The molecule has 0 fully saturated rings. The van der Waals surface area contributed by atoms with Gasteiger partial charge in [-0.15, -0.1) is 0 Å². The molecule has 0 aliphatic carbocycles. The highest BCUT2D eigenvalue weighted by Gasteiger charge is 2.06. The molecule has 2 N–H and O–H groups in total. The highest BCUT2D eigenvalue weighted by atomic mass is 35.5. The van der Waals surface area contributed by atoms with Crippen LogP contribution in [0.4, 0.5) is 10.2 Å². The number of nitrogens with zero attached hydrogens (tertiary/aromatic N) is 1. The van der Waals surface area contributed by atoms with Crippen LogP contribution in [-0.2, 0) is 12.8 Å². The SMILES string of the molecule is Nc1ncccc1CCc1cccc(F)c1Cl. The summed E-state index contributed by atoms with van der Waals surface area (Å²) in [6.45, 7) is 0. The van der Waals surface area contributed by atoms with Crippen LogP contribution in [0, 0.1) is 5.82 Å². The van der Waals surface area contributed by atoms with E-state index in [9.17, 15) is 4.39 Å². The van der Waals surface area contributed by atoms with E-state index in [1.165, 1.54) is 6.07 Å². The van der Waals surface area contributed by atoms with Crippen LogP contribution in [0.2, 0.25) is 5.02 Å². The fourth-order valence-electron chi connectivity index (χ4n) is 1.67. The lowest BCUT2D eigenvalue weighted by atomic mass is 10.0. The zero-order chi connectivity index (χ0) is 12.3. The summed E-state index contributed by atoms with van der Waals surface area (Å²) >= 11 is 5.88. The van der Waals surface area contributed by atoms with Gasteiger partial charge in [0.15, 0.2) is 0 Å². The fraction of sp³-hybridized carbons (Fsp3) is 0.154. The Kier molecular flexibility index (Phi) is 3.59.